The van der Waals surface area contributed by atoms with Crippen molar-refractivity contribution < 1.29 is 39.7 Å². The number of halogens is 2. The summed E-state index contributed by atoms with van der Waals surface area (Å²) >= 11 is 13.5. The number of aromatic amines is 1. The van der Waals surface area contributed by atoms with Crippen molar-refractivity contribution in [1.29, 1.82) is 0 Å². The van der Waals surface area contributed by atoms with E-state index in [4.69, 9.17) is 27.9 Å². The molecule has 8 nitrogen and oxygen atoms in total. The minimum Gasteiger partial charge on any atom is -1.00 e. The maximum atomic E-state index is 12.6. The Morgan fingerprint density at radius 2 is 1.92 bits per heavy atom. The van der Waals surface area contributed by atoms with Crippen molar-refractivity contribution >= 4 is 51.5 Å². The van der Waals surface area contributed by atoms with Gasteiger partial charge in [0, 0.05) is 43.1 Å². The molecule has 3 N–H and O–H groups in total. The topological polar surface area (TPSA) is 108 Å². The van der Waals surface area contributed by atoms with Crippen LogP contribution >= 0.6 is 34.5 Å². The smallest absolute Gasteiger partial charge is 1.00 e. The Morgan fingerprint density at radius 1 is 1.25 bits per heavy atom. The van der Waals surface area contributed by atoms with E-state index in [1.165, 1.54) is 11.3 Å². The third-order valence-electron chi connectivity index (χ3n) is 6.53. The molecule has 36 heavy (non-hydrogen) atoms. The van der Waals surface area contributed by atoms with Gasteiger partial charge in [0.05, 0.1) is 22.3 Å². The number of aromatic nitrogens is 2. The van der Waals surface area contributed by atoms with Crippen molar-refractivity contribution in [2.45, 2.75) is 26.3 Å². The number of hydrogen-bond acceptors (Lipinski definition) is 6. The summed E-state index contributed by atoms with van der Waals surface area (Å²) in [6, 6.07) is 7.67. The molecular weight excluding hydrogens is 518 g/mol. The second-order valence-electron chi connectivity index (χ2n) is 8.82. The monoisotopic (exact) mass is 542 g/mol. The number of rotatable bonds is 8. The average molecular weight is 543 g/mol. The first kappa shape index (κ1) is 26.9. The van der Waals surface area contributed by atoms with E-state index >= 15 is 0 Å². The molecule has 1 saturated heterocycles. The summed E-state index contributed by atoms with van der Waals surface area (Å²) in [7, 11) is 0. The van der Waals surface area contributed by atoms with Gasteiger partial charge in [0.25, 0.3) is 5.91 Å². The van der Waals surface area contributed by atoms with E-state index in [1.807, 2.05) is 31.2 Å². The largest absolute Gasteiger partial charge is 1.00 e. The number of H-pyrrole nitrogens is 1. The van der Waals surface area contributed by atoms with Gasteiger partial charge in [-0.25, -0.2) is 9.78 Å². The van der Waals surface area contributed by atoms with Crippen LogP contribution in [0.1, 0.15) is 45.5 Å². The average Bonchev–Trinajstić information content (AvgIpc) is 3.20. The van der Waals surface area contributed by atoms with Crippen molar-refractivity contribution in [3.05, 3.63) is 61.8 Å². The molecule has 1 unspecified atom stereocenters. The van der Waals surface area contributed by atoms with Crippen LogP contribution in [0, 0.1) is 18.8 Å². The number of piperidine rings is 1. The molecule has 1 aliphatic carbocycles. The molecule has 2 fully saturated rings. The van der Waals surface area contributed by atoms with Crippen molar-refractivity contribution in [2.24, 2.45) is 11.8 Å². The number of fused-ring (bicyclic) bond motifs is 1. The molecule has 3 heterocycles. The van der Waals surface area contributed by atoms with Gasteiger partial charge in [-0.2, -0.15) is 0 Å². The zero-order chi connectivity index (χ0) is 24.9. The maximum absolute atomic E-state index is 12.6. The second kappa shape index (κ2) is 10.7. The summed E-state index contributed by atoms with van der Waals surface area (Å²) in [5, 5.41) is 14.1. The molecule has 1 aromatic carbocycles. The predicted octanol–water partition coefficient (Wildman–Crippen LogP) is 1.76. The Balaban J connectivity index is 0.00000190. The number of anilines is 1. The first-order valence-electron chi connectivity index (χ1n) is 11.3. The van der Waals surface area contributed by atoms with Crippen LogP contribution in [-0.2, 0) is 6.42 Å². The van der Waals surface area contributed by atoms with Crippen LogP contribution in [0.15, 0.2) is 24.3 Å². The molecule has 2 aliphatic rings. The molecule has 186 valence electrons. The van der Waals surface area contributed by atoms with Gasteiger partial charge in [-0.05, 0) is 31.5 Å². The predicted molar refractivity (Wildman–Crippen MR) is 137 cm³/mol. The number of thiazole rings is 1. The number of nitrogens with one attached hydrogen (secondary N) is 2. The number of carbonyl (C=O) groups excluding carboxylic acids is 1. The number of ether oxygens (including phenoxy) is 1. The number of amides is 1. The molecule has 1 aliphatic heterocycles. The van der Waals surface area contributed by atoms with E-state index in [0.29, 0.717) is 47.7 Å². The first-order chi connectivity index (χ1) is 16.8. The normalized spacial score (nSPS) is 20.0. The van der Waals surface area contributed by atoms with E-state index in [-0.39, 0.29) is 59.7 Å². The fourth-order valence-corrected chi connectivity index (χ4v) is 6.03. The molecular formula is C24H25Cl2LiN4O4S. The van der Waals surface area contributed by atoms with E-state index in [2.05, 4.69) is 20.2 Å². The molecule has 0 spiro atoms. The fraction of sp³-hybridized carbons (Fsp3) is 0.375. The Morgan fingerprint density at radius 3 is 2.47 bits per heavy atom. The zero-order valence-corrected chi connectivity index (χ0v) is 22.4. The zero-order valence-electron chi connectivity index (χ0n) is 21.1. The molecule has 5 rings (SSSR count). The molecule has 2 aromatic heterocycles. The number of aryl methyl sites for hydroxylation is 1. The third-order valence-corrected chi connectivity index (χ3v) is 8.62. The second-order valence-corrected chi connectivity index (χ2v) is 10.5. The minimum atomic E-state index is -0.971. The standard InChI is InChI=1S/C24H24Cl2N4O4S.Li.H/c1-3-34-13-6-4-12(5-7-13)8-16-21(23(32)33)35-24(28-16)30-9-14-15(10-30)19(14)29-22(31)20-18(26)17(25)11(2)27-20;;/h4-7,14-15,19,27H,3,8-10H2,1-2H3,(H,29,31)(H,32,33);;/q;+1;-1/t14-,15+,19?;;. The molecule has 1 saturated carbocycles. The Labute approximate surface area is 236 Å². The van der Waals surface area contributed by atoms with Crippen molar-refractivity contribution in [1.82, 2.24) is 15.3 Å². The van der Waals surface area contributed by atoms with Gasteiger partial charge in [-0.15, -0.1) is 0 Å². The van der Waals surface area contributed by atoms with E-state index in [9.17, 15) is 14.7 Å². The molecule has 0 radical (unpaired) electrons. The van der Waals surface area contributed by atoms with Crippen LogP contribution in [0.2, 0.25) is 10.0 Å². The Hall–Kier alpha value is -2.15. The third kappa shape index (κ3) is 5.13. The summed E-state index contributed by atoms with van der Waals surface area (Å²) in [6.07, 6.45) is 0.433. The summed E-state index contributed by atoms with van der Waals surface area (Å²) in [5.41, 5.74) is 2.46. The van der Waals surface area contributed by atoms with E-state index < -0.39 is 5.97 Å². The van der Waals surface area contributed by atoms with Crippen LogP contribution in [0.4, 0.5) is 5.13 Å². The SMILES string of the molecule is CCOc1ccc(Cc2nc(N3C[C@@H]4C(NC(=O)c5[nH]c(C)c(Cl)c5Cl)[C@@H]4C3)sc2C(=O)O)cc1.[H-].[Li+]. The minimum absolute atomic E-state index is 0. The van der Waals surface area contributed by atoms with Gasteiger partial charge in [0.2, 0.25) is 0 Å². The molecule has 1 amide bonds. The summed E-state index contributed by atoms with van der Waals surface area (Å²) in [5.74, 6) is 0.118. The van der Waals surface area contributed by atoms with Crippen LogP contribution in [0.25, 0.3) is 0 Å². The molecule has 3 atom stereocenters. The van der Waals surface area contributed by atoms with Gasteiger partial charge in [0.15, 0.2) is 5.13 Å². The van der Waals surface area contributed by atoms with Crippen molar-refractivity contribution in [2.75, 3.05) is 24.6 Å². The quantitative estimate of drug-likeness (QED) is 0.374. The Kier molecular flexibility index (Phi) is 7.98. The van der Waals surface area contributed by atoms with Crippen LogP contribution < -0.4 is 33.8 Å². The number of carbonyl (C=O) groups is 2. The van der Waals surface area contributed by atoms with Crippen molar-refractivity contribution in [3.8, 4) is 5.75 Å². The van der Waals surface area contributed by atoms with E-state index in [1.54, 1.807) is 6.92 Å². The molecule has 3 aromatic rings. The Bertz CT molecular complexity index is 1290. The van der Waals surface area contributed by atoms with Crippen molar-refractivity contribution in [3.63, 3.8) is 0 Å². The number of aromatic carboxylic acids is 1. The van der Waals surface area contributed by atoms with Gasteiger partial charge in [0.1, 0.15) is 16.3 Å². The van der Waals surface area contributed by atoms with E-state index in [0.717, 1.165) is 11.3 Å². The number of nitrogens with zero attached hydrogens (tertiary/aromatic N) is 2. The first-order valence-corrected chi connectivity index (χ1v) is 12.9. The fourth-order valence-electron chi connectivity index (χ4n) is 4.67. The van der Waals surface area contributed by atoms with Gasteiger partial charge in [-0.1, -0.05) is 46.7 Å². The van der Waals surface area contributed by atoms with Crippen LogP contribution in [-0.4, -0.2) is 52.7 Å². The summed E-state index contributed by atoms with van der Waals surface area (Å²) < 4.78 is 5.47. The number of benzene rings is 1. The van der Waals surface area contributed by atoms with Gasteiger partial charge < -0.3 is 26.5 Å². The number of carboxylic acids is 1. The molecule has 0 bridgehead atoms. The number of hydrogen-bond donors (Lipinski definition) is 3. The molecule has 12 heteroatoms. The van der Waals surface area contributed by atoms with Crippen LogP contribution in [0.3, 0.4) is 0 Å². The number of carboxylic acid groups (broad SMARTS) is 1. The van der Waals surface area contributed by atoms with Gasteiger partial charge in [-0.3, -0.25) is 4.79 Å². The summed E-state index contributed by atoms with van der Waals surface area (Å²) in [4.78, 5) is 34.5. The van der Waals surface area contributed by atoms with Crippen LogP contribution in [0.5, 0.6) is 5.75 Å². The van der Waals surface area contributed by atoms with Gasteiger partial charge >= 0.3 is 24.8 Å². The maximum Gasteiger partial charge on any atom is 1.00 e. The summed E-state index contributed by atoms with van der Waals surface area (Å²) in [6.45, 7) is 5.70.